The predicted molar refractivity (Wildman–Crippen MR) is 78.5 cm³/mol. The number of alkyl halides is 1. The molecule has 1 aliphatic heterocycles. The summed E-state index contributed by atoms with van der Waals surface area (Å²) in [6.45, 7) is 0.710. The molecular weight excluding hydrogens is 333 g/mol. The molecule has 1 aromatic rings. The second-order valence-electron chi connectivity index (χ2n) is 4.76. The van der Waals surface area contributed by atoms with Crippen LogP contribution in [0.5, 0.6) is 0 Å². The fourth-order valence-corrected chi connectivity index (χ4v) is 3.31. The van der Waals surface area contributed by atoms with E-state index in [0.717, 1.165) is 31.0 Å². The summed E-state index contributed by atoms with van der Waals surface area (Å²) in [5.41, 5.74) is 0.259. The van der Waals surface area contributed by atoms with E-state index in [1.54, 1.807) is 6.07 Å². The van der Waals surface area contributed by atoms with Crippen molar-refractivity contribution in [2.75, 3.05) is 11.9 Å². The molecule has 0 N–H and O–H groups in total. The van der Waals surface area contributed by atoms with Gasteiger partial charge >= 0.3 is 0 Å². The van der Waals surface area contributed by atoms with Crippen LogP contribution >= 0.6 is 27.5 Å². The van der Waals surface area contributed by atoms with Gasteiger partial charge in [-0.1, -0.05) is 46.4 Å². The molecule has 1 atom stereocenters. The minimum atomic E-state index is -0.544. The summed E-state index contributed by atoms with van der Waals surface area (Å²) in [4.78, 5) is 14.4. The number of hydrogen-bond acceptors (Lipinski definition) is 1. The molecule has 1 aromatic carbocycles. The summed E-state index contributed by atoms with van der Waals surface area (Å²) >= 11 is 9.36. The highest BCUT2D eigenvalue weighted by atomic mass is 79.9. The average Bonchev–Trinajstić information content (AvgIpc) is 2.66. The van der Waals surface area contributed by atoms with Gasteiger partial charge in [-0.15, -0.1) is 0 Å². The van der Waals surface area contributed by atoms with Gasteiger partial charge in [0.25, 0.3) is 5.91 Å². The van der Waals surface area contributed by atoms with Crippen LogP contribution in [0.25, 0.3) is 0 Å². The second kappa shape index (κ2) is 6.71. The SMILES string of the molecule is O=C(c1cccc(F)c1Cl)N1CCCCCC1CBr. The third kappa shape index (κ3) is 3.29. The van der Waals surface area contributed by atoms with Crippen molar-refractivity contribution < 1.29 is 9.18 Å². The number of rotatable bonds is 2. The van der Waals surface area contributed by atoms with Crippen LogP contribution in [-0.4, -0.2) is 28.7 Å². The quantitative estimate of drug-likeness (QED) is 0.731. The van der Waals surface area contributed by atoms with Gasteiger partial charge in [0.1, 0.15) is 5.82 Å². The first-order chi connectivity index (χ1) is 9.15. The number of amides is 1. The highest BCUT2D eigenvalue weighted by Crippen LogP contribution is 2.25. The molecule has 5 heteroatoms. The zero-order chi connectivity index (χ0) is 13.8. The number of likely N-dealkylation sites (tertiary alicyclic amines) is 1. The molecule has 2 nitrogen and oxygen atoms in total. The summed E-state index contributed by atoms with van der Waals surface area (Å²) in [5.74, 6) is -0.714. The van der Waals surface area contributed by atoms with Crippen LogP contribution in [0.4, 0.5) is 4.39 Å². The lowest BCUT2D eigenvalue weighted by molar-refractivity contribution is 0.0702. The molecule has 1 aliphatic rings. The third-order valence-corrected chi connectivity index (χ3v) is 4.63. The molecule has 1 unspecified atom stereocenters. The van der Waals surface area contributed by atoms with E-state index in [-0.39, 0.29) is 22.5 Å². The molecule has 1 fully saturated rings. The molecule has 0 bridgehead atoms. The maximum Gasteiger partial charge on any atom is 0.255 e. The third-order valence-electron chi connectivity index (χ3n) is 3.50. The Kier molecular flexibility index (Phi) is 5.22. The lowest BCUT2D eigenvalue weighted by Gasteiger charge is -2.29. The van der Waals surface area contributed by atoms with E-state index in [4.69, 9.17) is 11.6 Å². The lowest BCUT2D eigenvalue weighted by atomic mass is 10.1. The van der Waals surface area contributed by atoms with Gasteiger partial charge in [0.05, 0.1) is 10.6 Å². The van der Waals surface area contributed by atoms with Gasteiger partial charge in [-0.25, -0.2) is 4.39 Å². The van der Waals surface area contributed by atoms with E-state index in [2.05, 4.69) is 15.9 Å². The topological polar surface area (TPSA) is 20.3 Å². The van der Waals surface area contributed by atoms with E-state index in [0.29, 0.717) is 6.54 Å². The maximum absolute atomic E-state index is 13.5. The minimum Gasteiger partial charge on any atom is -0.335 e. The van der Waals surface area contributed by atoms with Crippen molar-refractivity contribution in [2.24, 2.45) is 0 Å². The molecule has 1 heterocycles. The largest absolute Gasteiger partial charge is 0.335 e. The lowest BCUT2D eigenvalue weighted by Crippen LogP contribution is -2.41. The Labute approximate surface area is 126 Å². The zero-order valence-electron chi connectivity index (χ0n) is 10.5. The summed E-state index contributed by atoms with van der Waals surface area (Å²) in [6.07, 6.45) is 4.22. The first kappa shape index (κ1) is 14.8. The van der Waals surface area contributed by atoms with Crippen LogP contribution in [0.15, 0.2) is 18.2 Å². The van der Waals surface area contributed by atoms with Gasteiger partial charge in [0, 0.05) is 17.9 Å². The predicted octanol–water partition coefficient (Wildman–Crippen LogP) is 4.26. The maximum atomic E-state index is 13.5. The number of benzene rings is 1. The molecule has 0 aliphatic carbocycles. The van der Waals surface area contributed by atoms with E-state index >= 15 is 0 Å². The first-order valence-corrected chi connectivity index (χ1v) is 7.96. The van der Waals surface area contributed by atoms with Crippen LogP contribution in [0.3, 0.4) is 0 Å². The Morgan fingerprint density at radius 1 is 1.42 bits per heavy atom. The Bertz CT molecular complexity index is 469. The van der Waals surface area contributed by atoms with Crippen molar-refractivity contribution in [1.29, 1.82) is 0 Å². The Morgan fingerprint density at radius 3 is 2.95 bits per heavy atom. The Hall–Kier alpha value is -0.610. The number of halogens is 3. The molecule has 19 heavy (non-hydrogen) atoms. The van der Waals surface area contributed by atoms with Crippen molar-refractivity contribution in [2.45, 2.75) is 31.7 Å². The van der Waals surface area contributed by atoms with Crippen LogP contribution in [0.1, 0.15) is 36.0 Å². The average molecular weight is 349 g/mol. The standard InChI is InChI=1S/C14H16BrClFNO/c15-9-10-5-2-1-3-8-18(10)14(19)11-6-4-7-12(17)13(11)16/h4,6-7,10H,1-3,5,8-9H2. The molecule has 0 spiro atoms. The molecule has 1 amide bonds. The number of hydrogen-bond donors (Lipinski definition) is 0. The molecule has 104 valence electrons. The monoisotopic (exact) mass is 347 g/mol. The molecule has 2 rings (SSSR count). The minimum absolute atomic E-state index is 0.0786. The van der Waals surface area contributed by atoms with Crippen LogP contribution < -0.4 is 0 Å². The first-order valence-electron chi connectivity index (χ1n) is 6.46. The van der Waals surface area contributed by atoms with Crippen molar-refractivity contribution in [3.63, 3.8) is 0 Å². The number of carbonyl (C=O) groups is 1. The smallest absolute Gasteiger partial charge is 0.255 e. The second-order valence-corrected chi connectivity index (χ2v) is 5.78. The van der Waals surface area contributed by atoms with Crippen LogP contribution in [0, 0.1) is 5.82 Å². The number of carbonyl (C=O) groups excluding carboxylic acids is 1. The van der Waals surface area contributed by atoms with Gasteiger partial charge in [-0.3, -0.25) is 4.79 Å². The molecule has 0 saturated carbocycles. The van der Waals surface area contributed by atoms with Crippen molar-refractivity contribution in [1.82, 2.24) is 4.90 Å². The Balaban J connectivity index is 2.28. The van der Waals surface area contributed by atoms with Gasteiger partial charge in [0.15, 0.2) is 0 Å². The highest BCUT2D eigenvalue weighted by Gasteiger charge is 2.27. The Morgan fingerprint density at radius 2 is 2.21 bits per heavy atom. The zero-order valence-corrected chi connectivity index (χ0v) is 12.9. The van der Waals surface area contributed by atoms with Crippen LogP contribution in [0.2, 0.25) is 5.02 Å². The summed E-state index contributed by atoms with van der Waals surface area (Å²) in [7, 11) is 0. The summed E-state index contributed by atoms with van der Waals surface area (Å²) in [5, 5.41) is 0.663. The highest BCUT2D eigenvalue weighted by molar-refractivity contribution is 9.09. The van der Waals surface area contributed by atoms with E-state index < -0.39 is 5.82 Å². The fraction of sp³-hybridized carbons (Fsp3) is 0.500. The van der Waals surface area contributed by atoms with Gasteiger partial charge in [0.2, 0.25) is 0 Å². The molecule has 1 saturated heterocycles. The van der Waals surface area contributed by atoms with E-state index in [1.807, 2.05) is 4.90 Å². The van der Waals surface area contributed by atoms with Crippen LogP contribution in [-0.2, 0) is 0 Å². The normalized spacial score (nSPS) is 20.2. The van der Waals surface area contributed by atoms with Crippen molar-refractivity contribution in [3.8, 4) is 0 Å². The molecular formula is C14H16BrClFNO. The summed E-state index contributed by atoms with van der Waals surface area (Å²) in [6, 6.07) is 4.54. The number of nitrogens with zero attached hydrogens (tertiary/aromatic N) is 1. The van der Waals surface area contributed by atoms with Gasteiger partial charge in [-0.05, 0) is 25.0 Å². The van der Waals surface area contributed by atoms with Crippen molar-refractivity contribution >= 4 is 33.4 Å². The van der Waals surface area contributed by atoms with Gasteiger partial charge < -0.3 is 4.90 Å². The van der Waals surface area contributed by atoms with E-state index in [1.165, 1.54) is 12.1 Å². The summed E-state index contributed by atoms with van der Waals surface area (Å²) < 4.78 is 13.5. The fourth-order valence-electron chi connectivity index (χ4n) is 2.43. The molecule has 0 radical (unpaired) electrons. The van der Waals surface area contributed by atoms with E-state index in [9.17, 15) is 9.18 Å². The van der Waals surface area contributed by atoms with Gasteiger partial charge in [-0.2, -0.15) is 0 Å². The molecule has 0 aromatic heterocycles. The van der Waals surface area contributed by atoms with Crippen molar-refractivity contribution in [3.05, 3.63) is 34.6 Å².